The highest BCUT2D eigenvalue weighted by molar-refractivity contribution is 7.14. The van der Waals surface area contributed by atoms with E-state index in [2.05, 4.69) is 110 Å². The molecule has 0 spiro atoms. The largest absolute Gasteiger partial charge is 0.172 e. The summed E-state index contributed by atoms with van der Waals surface area (Å²) in [6.07, 6.45) is 2.21. The Morgan fingerprint density at radius 1 is 0.545 bits per heavy atom. The van der Waals surface area contributed by atoms with Crippen LogP contribution in [0.4, 0.5) is 0 Å². The summed E-state index contributed by atoms with van der Waals surface area (Å²) < 4.78 is 0. The predicted octanol–water partition coefficient (Wildman–Crippen LogP) is 3.27. The normalized spacial score (nSPS) is 11.7. The Bertz CT molecular complexity index is 634. The Kier molecular flexibility index (Phi) is 4.36. The van der Waals surface area contributed by atoms with E-state index in [0.717, 1.165) is 0 Å². The Hall–Kier alpha value is -2.38. The fraction of sp³-hybridized carbons (Fsp3) is 0.0476. The SMILES string of the molecule is C/C=C\[Si](c1ccccc1)(c1ccccc1)c1ccccc1. The standard InChI is InChI=1S/C21H20Si/c1-2-18-22(19-12-6-3-7-13-19,20-14-8-4-9-15-20)21-16-10-5-11-17-21/h2-18H,1H3/b18-2-. The molecule has 0 nitrogen and oxygen atoms in total. The fourth-order valence-electron chi connectivity index (χ4n) is 3.14. The molecule has 0 heterocycles. The third-order valence-corrected chi connectivity index (χ3v) is 8.67. The van der Waals surface area contributed by atoms with Crippen molar-refractivity contribution in [2.75, 3.05) is 0 Å². The lowest BCUT2D eigenvalue weighted by Crippen LogP contribution is -2.66. The minimum Gasteiger partial charge on any atom is -0.0945 e. The van der Waals surface area contributed by atoms with Crippen LogP contribution in [-0.4, -0.2) is 8.07 Å². The van der Waals surface area contributed by atoms with Crippen molar-refractivity contribution < 1.29 is 0 Å². The quantitative estimate of drug-likeness (QED) is 0.512. The smallest absolute Gasteiger partial charge is 0.0945 e. The zero-order valence-corrected chi connectivity index (χ0v) is 13.8. The molecule has 0 N–H and O–H groups in total. The summed E-state index contributed by atoms with van der Waals surface area (Å²) in [5, 5.41) is 4.27. The van der Waals surface area contributed by atoms with Crippen LogP contribution < -0.4 is 15.6 Å². The van der Waals surface area contributed by atoms with E-state index in [1.807, 2.05) is 0 Å². The lowest BCUT2D eigenvalue weighted by atomic mass is 10.3. The zero-order chi connectivity index (χ0) is 15.3. The third-order valence-electron chi connectivity index (χ3n) is 4.10. The third kappa shape index (κ3) is 2.56. The highest BCUT2D eigenvalue weighted by Gasteiger charge is 2.36. The summed E-state index contributed by atoms with van der Waals surface area (Å²) >= 11 is 0. The van der Waals surface area contributed by atoms with Crippen LogP contribution in [0.1, 0.15) is 6.92 Å². The van der Waals surface area contributed by atoms with Gasteiger partial charge >= 0.3 is 0 Å². The first-order valence-electron chi connectivity index (χ1n) is 7.68. The molecule has 0 unspecified atom stereocenters. The van der Waals surface area contributed by atoms with Crippen molar-refractivity contribution in [3.63, 3.8) is 0 Å². The Morgan fingerprint density at radius 3 is 1.14 bits per heavy atom. The van der Waals surface area contributed by atoms with Gasteiger partial charge in [-0.05, 0) is 22.5 Å². The molecule has 0 radical (unpaired) electrons. The van der Waals surface area contributed by atoms with Crippen molar-refractivity contribution in [3.8, 4) is 0 Å². The molecular formula is C21H20Si. The monoisotopic (exact) mass is 300 g/mol. The highest BCUT2D eigenvalue weighted by Crippen LogP contribution is 2.09. The zero-order valence-electron chi connectivity index (χ0n) is 12.8. The van der Waals surface area contributed by atoms with Crippen molar-refractivity contribution in [3.05, 3.63) is 103 Å². The number of allylic oxidation sites excluding steroid dienone is 1. The van der Waals surface area contributed by atoms with E-state index < -0.39 is 8.07 Å². The molecule has 1 heteroatoms. The molecule has 0 fully saturated rings. The van der Waals surface area contributed by atoms with E-state index in [9.17, 15) is 0 Å². The maximum Gasteiger partial charge on any atom is 0.172 e. The summed E-state index contributed by atoms with van der Waals surface area (Å²) in [5.41, 5.74) is 2.44. The molecule has 0 aromatic heterocycles. The maximum atomic E-state index is 2.44. The van der Waals surface area contributed by atoms with Crippen LogP contribution in [0.25, 0.3) is 0 Å². The van der Waals surface area contributed by atoms with Crippen LogP contribution in [0.5, 0.6) is 0 Å². The van der Waals surface area contributed by atoms with E-state index in [4.69, 9.17) is 0 Å². The molecule has 0 aliphatic rings. The first-order valence-corrected chi connectivity index (χ1v) is 9.76. The second kappa shape index (κ2) is 6.59. The van der Waals surface area contributed by atoms with Gasteiger partial charge in [-0.3, -0.25) is 0 Å². The van der Waals surface area contributed by atoms with Gasteiger partial charge in [0, 0.05) is 0 Å². The van der Waals surface area contributed by atoms with E-state index in [1.165, 1.54) is 15.6 Å². The van der Waals surface area contributed by atoms with Crippen LogP contribution in [0.15, 0.2) is 103 Å². The van der Waals surface area contributed by atoms with Gasteiger partial charge in [-0.15, -0.1) is 0 Å². The average molecular weight is 300 g/mol. The van der Waals surface area contributed by atoms with Gasteiger partial charge in [-0.1, -0.05) is 103 Å². The first-order chi connectivity index (χ1) is 10.9. The molecule has 3 rings (SSSR count). The number of rotatable bonds is 4. The van der Waals surface area contributed by atoms with Crippen molar-refractivity contribution in [1.29, 1.82) is 0 Å². The molecule has 0 saturated heterocycles. The van der Waals surface area contributed by atoms with Crippen LogP contribution >= 0.6 is 0 Å². The molecule has 3 aromatic rings. The topological polar surface area (TPSA) is 0 Å². The van der Waals surface area contributed by atoms with E-state index in [1.54, 1.807) is 0 Å². The molecule has 0 aliphatic heterocycles. The van der Waals surface area contributed by atoms with Crippen molar-refractivity contribution in [2.24, 2.45) is 0 Å². The second-order valence-corrected chi connectivity index (χ2v) is 9.09. The van der Waals surface area contributed by atoms with E-state index in [-0.39, 0.29) is 0 Å². The Morgan fingerprint density at radius 2 is 0.864 bits per heavy atom. The summed E-state index contributed by atoms with van der Waals surface area (Å²) in [6.45, 7) is 2.12. The predicted molar refractivity (Wildman–Crippen MR) is 98.8 cm³/mol. The van der Waals surface area contributed by atoms with Crippen molar-refractivity contribution in [1.82, 2.24) is 0 Å². The molecule has 22 heavy (non-hydrogen) atoms. The minimum atomic E-state index is -2.10. The maximum absolute atomic E-state index is 2.44. The van der Waals surface area contributed by atoms with E-state index >= 15 is 0 Å². The number of benzene rings is 3. The van der Waals surface area contributed by atoms with Gasteiger partial charge in [0.05, 0.1) is 0 Å². The van der Waals surface area contributed by atoms with E-state index in [0.29, 0.717) is 0 Å². The van der Waals surface area contributed by atoms with Crippen LogP contribution in [-0.2, 0) is 0 Å². The Balaban J connectivity index is 2.34. The minimum absolute atomic E-state index is 1.42. The number of hydrogen-bond acceptors (Lipinski definition) is 0. The van der Waals surface area contributed by atoms with Crippen LogP contribution in [0.2, 0.25) is 0 Å². The van der Waals surface area contributed by atoms with Gasteiger partial charge in [-0.2, -0.15) is 0 Å². The molecular weight excluding hydrogens is 280 g/mol. The molecule has 0 bridgehead atoms. The summed E-state index contributed by atoms with van der Waals surface area (Å²) in [4.78, 5) is 0. The average Bonchev–Trinajstić information content (AvgIpc) is 2.62. The first kappa shape index (κ1) is 14.5. The summed E-state index contributed by atoms with van der Waals surface area (Å²) in [7, 11) is -2.10. The van der Waals surface area contributed by atoms with Gasteiger partial charge in [-0.25, -0.2) is 0 Å². The van der Waals surface area contributed by atoms with Gasteiger partial charge in [0.1, 0.15) is 0 Å². The van der Waals surface area contributed by atoms with Crippen LogP contribution in [0.3, 0.4) is 0 Å². The van der Waals surface area contributed by atoms with Gasteiger partial charge in [0.15, 0.2) is 8.07 Å². The number of hydrogen-bond donors (Lipinski definition) is 0. The van der Waals surface area contributed by atoms with Gasteiger partial charge in [0.25, 0.3) is 0 Å². The molecule has 0 atom stereocenters. The van der Waals surface area contributed by atoms with Crippen molar-refractivity contribution in [2.45, 2.75) is 6.92 Å². The lowest BCUT2D eigenvalue weighted by molar-refractivity contribution is 1.67. The molecule has 0 amide bonds. The molecule has 0 saturated carbocycles. The molecule has 108 valence electrons. The highest BCUT2D eigenvalue weighted by atomic mass is 28.3. The van der Waals surface area contributed by atoms with Crippen LogP contribution in [0, 0.1) is 0 Å². The summed E-state index contributed by atoms with van der Waals surface area (Å²) in [6, 6.07) is 32.8. The second-order valence-electron chi connectivity index (χ2n) is 5.41. The van der Waals surface area contributed by atoms with Gasteiger partial charge in [0.2, 0.25) is 0 Å². The van der Waals surface area contributed by atoms with Crippen molar-refractivity contribution >= 4 is 23.6 Å². The molecule has 3 aromatic carbocycles. The lowest BCUT2D eigenvalue weighted by Gasteiger charge is -2.30. The summed E-state index contributed by atoms with van der Waals surface area (Å²) in [5.74, 6) is 0. The Labute approximate surface area is 133 Å². The fourth-order valence-corrected chi connectivity index (χ4v) is 7.37. The molecule has 0 aliphatic carbocycles. The van der Waals surface area contributed by atoms with Gasteiger partial charge < -0.3 is 0 Å².